The molecule has 29 heavy (non-hydrogen) atoms. The van der Waals surface area contributed by atoms with Crippen molar-refractivity contribution in [2.45, 2.75) is 58.5 Å². The smallest absolute Gasteiger partial charge is 0.253 e. The molecule has 1 aliphatic heterocycles. The molecule has 7 heteroatoms. The topological polar surface area (TPSA) is 59.8 Å². The second-order valence-corrected chi connectivity index (χ2v) is 7.75. The van der Waals surface area contributed by atoms with Gasteiger partial charge in [0.15, 0.2) is 5.65 Å². The number of halogens is 2. The van der Waals surface area contributed by atoms with E-state index >= 15 is 0 Å². The molecule has 3 aromatic rings. The number of rotatable bonds is 4. The summed E-state index contributed by atoms with van der Waals surface area (Å²) in [6.45, 7) is 4.44. The van der Waals surface area contributed by atoms with Crippen LogP contribution in [0.2, 0.25) is 0 Å². The number of pyridine rings is 1. The molecule has 1 N–H and O–H groups in total. The van der Waals surface area contributed by atoms with E-state index in [0.717, 1.165) is 49.4 Å². The molecule has 0 spiro atoms. The molecule has 152 valence electrons. The molecule has 0 aliphatic carbocycles. The molecule has 1 atom stereocenters. The van der Waals surface area contributed by atoms with Crippen molar-refractivity contribution in [2.24, 2.45) is 0 Å². The molecule has 5 nitrogen and oxygen atoms in total. The molecule has 4 rings (SSSR count). The van der Waals surface area contributed by atoms with Crippen molar-refractivity contribution in [3.8, 4) is 0 Å². The second-order valence-electron chi connectivity index (χ2n) is 7.75. The van der Waals surface area contributed by atoms with Crippen LogP contribution in [0.25, 0.3) is 11.2 Å². The molecule has 0 fully saturated rings. The van der Waals surface area contributed by atoms with Gasteiger partial charge in [0.05, 0.1) is 5.56 Å². The van der Waals surface area contributed by atoms with Gasteiger partial charge in [-0.3, -0.25) is 4.79 Å². The molecule has 0 saturated carbocycles. The SMILES string of the molecule is Cc1cc(C(=O)NC(C)Cc2c(F)cccc2F)c2nc3n(c2n1)CCCCC3. The van der Waals surface area contributed by atoms with E-state index < -0.39 is 17.7 Å². The van der Waals surface area contributed by atoms with Gasteiger partial charge in [0.2, 0.25) is 0 Å². The zero-order valence-corrected chi connectivity index (χ0v) is 16.6. The molecule has 0 radical (unpaired) electrons. The average molecular weight is 398 g/mol. The number of carbonyl (C=O) groups excluding carboxylic acids is 1. The number of aryl methyl sites for hydroxylation is 3. The third-order valence-corrected chi connectivity index (χ3v) is 5.39. The Balaban J connectivity index is 1.61. The van der Waals surface area contributed by atoms with Gasteiger partial charge < -0.3 is 9.88 Å². The van der Waals surface area contributed by atoms with Crippen LogP contribution in [0.4, 0.5) is 8.78 Å². The van der Waals surface area contributed by atoms with Gasteiger partial charge in [0.25, 0.3) is 5.91 Å². The van der Waals surface area contributed by atoms with E-state index in [2.05, 4.69) is 14.9 Å². The maximum atomic E-state index is 13.9. The summed E-state index contributed by atoms with van der Waals surface area (Å²) in [5.74, 6) is -0.554. The number of imidazole rings is 1. The Morgan fingerprint density at radius 3 is 2.72 bits per heavy atom. The fourth-order valence-electron chi connectivity index (χ4n) is 3.97. The summed E-state index contributed by atoms with van der Waals surface area (Å²) in [4.78, 5) is 22.3. The summed E-state index contributed by atoms with van der Waals surface area (Å²) in [6, 6.07) is 5.05. The van der Waals surface area contributed by atoms with Crippen molar-refractivity contribution in [3.05, 3.63) is 58.5 Å². The lowest BCUT2D eigenvalue weighted by atomic mass is 10.1. The Bertz CT molecular complexity index is 1060. The van der Waals surface area contributed by atoms with Gasteiger partial charge in [-0.15, -0.1) is 0 Å². The molecule has 2 aromatic heterocycles. The normalized spacial score (nSPS) is 15.0. The van der Waals surface area contributed by atoms with Crippen molar-refractivity contribution in [3.63, 3.8) is 0 Å². The number of hydrogen-bond donors (Lipinski definition) is 1. The largest absolute Gasteiger partial charge is 0.349 e. The standard InChI is InChI=1S/C22H24F2N4O/c1-13-12-16(20-21(25-13)28-10-5-3-4-9-19(28)27-20)22(29)26-14(2)11-15-17(23)7-6-8-18(15)24/h6-8,12,14H,3-5,9-11H2,1-2H3,(H,26,29). The lowest BCUT2D eigenvalue weighted by molar-refractivity contribution is 0.0941. The van der Waals surface area contributed by atoms with E-state index in [-0.39, 0.29) is 17.9 Å². The summed E-state index contributed by atoms with van der Waals surface area (Å²) < 4.78 is 30.0. The van der Waals surface area contributed by atoms with Gasteiger partial charge in [-0.25, -0.2) is 18.7 Å². The average Bonchev–Trinajstić information content (AvgIpc) is 2.85. The first-order chi connectivity index (χ1) is 13.9. The van der Waals surface area contributed by atoms with E-state index in [1.807, 2.05) is 6.92 Å². The summed E-state index contributed by atoms with van der Waals surface area (Å²) in [5, 5.41) is 2.86. The Labute approximate surface area is 168 Å². The van der Waals surface area contributed by atoms with Crippen LogP contribution < -0.4 is 5.32 Å². The molecule has 1 amide bonds. The molecule has 3 heterocycles. The molecule has 1 aliphatic rings. The van der Waals surface area contributed by atoms with Gasteiger partial charge in [-0.05, 0) is 51.3 Å². The van der Waals surface area contributed by atoms with Gasteiger partial charge in [0.1, 0.15) is 23.0 Å². The molecule has 1 aromatic carbocycles. The Morgan fingerprint density at radius 2 is 1.97 bits per heavy atom. The summed E-state index contributed by atoms with van der Waals surface area (Å²) in [5.41, 5.74) is 2.50. The number of benzene rings is 1. The van der Waals surface area contributed by atoms with Crippen LogP contribution in [0.3, 0.4) is 0 Å². The first-order valence-electron chi connectivity index (χ1n) is 10.0. The lowest BCUT2D eigenvalue weighted by Gasteiger charge is -2.15. The number of fused-ring (bicyclic) bond motifs is 3. The lowest BCUT2D eigenvalue weighted by Crippen LogP contribution is -2.34. The van der Waals surface area contributed by atoms with Crippen LogP contribution in [0, 0.1) is 18.6 Å². The highest BCUT2D eigenvalue weighted by molar-refractivity contribution is 6.04. The van der Waals surface area contributed by atoms with Crippen LogP contribution in [0.15, 0.2) is 24.3 Å². The van der Waals surface area contributed by atoms with Crippen LogP contribution in [0.1, 0.15) is 53.6 Å². The van der Waals surface area contributed by atoms with Crippen molar-refractivity contribution < 1.29 is 13.6 Å². The highest BCUT2D eigenvalue weighted by Gasteiger charge is 2.22. The summed E-state index contributed by atoms with van der Waals surface area (Å²) in [7, 11) is 0. The van der Waals surface area contributed by atoms with Gasteiger partial charge >= 0.3 is 0 Å². The van der Waals surface area contributed by atoms with E-state index in [1.54, 1.807) is 13.0 Å². The Morgan fingerprint density at radius 1 is 1.21 bits per heavy atom. The number of aromatic nitrogens is 3. The molecular weight excluding hydrogens is 374 g/mol. The Kier molecular flexibility index (Phi) is 5.30. The zero-order chi connectivity index (χ0) is 20.5. The molecular formula is C22H24F2N4O. The number of carbonyl (C=O) groups is 1. The predicted molar refractivity (Wildman–Crippen MR) is 107 cm³/mol. The summed E-state index contributed by atoms with van der Waals surface area (Å²) >= 11 is 0. The minimum Gasteiger partial charge on any atom is -0.349 e. The van der Waals surface area contributed by atoms with Crippen molar-refractivity contribution in [2.75, 3.05) is 0 Å². The quantitative estimate of drug-likeness (QED) is 0.720. The van der Waals surface area contributed by atoms with E-state index in [4.69, 9.17) is 4.98 Å². The predicted octanol–water partition coefficient (Wildman–Crippen LogP) is 4.11. The van der Waals surface area contributed by atoms with Gasteiger partial charge in [-0.2, -0.15) is 0 Å². The van der Waals surface area contributed by atoms with E-state index in [9.17, 15) is 13.6 Å². The zero-order valence-electron chi connectivity index (χ0n) is 16.6. The number of amides is 1. The Hall–Kier alpha value is -2.83. The van der Waals surface area contributed by atoms with Crippen molar-refractivity contribution in [1.82, 2.24) is 19.9 Å². The fraction of sp³-hybridized carbons (Fsp3) is 0.409. The number of nitrogens with zero attached hydrogens (tertiary/aromatic N) is 3. The van der Waals surface area contributed by atoms with Crippen molar-refractivity contribution >= 4 is 17.1 Å². The first-order valence-corrected chi connectivity index (χ1v) is 10.0. The molecule has 1 unspecified atom stereocenters. The van der Waals surface area contributed by atoms with Crippen LogP contribution in [-0.4, -0.2) is 26.5 Å². The second kappa shape index (κ2) is 7.89. The molecule has 0 bridgehead atoms. The maximum Gasteiger partial charge on any atom is 0.253 e. The highest BCUT2D eigenvalue weighted by Crippen LogP contribution is 2.24. The third-order valence-electron chi connectivity index (χ3n) is 5.39. The van der Waals surface area contributed by atoms with Crippen LogP contribution in [-0.2, 0) is 19.4 Å². The summed E-state index contributed by atoms with van der Waals surface area (Å²) in [6.07, 6.45) is 4.25. The van der Waals surface area contributed by atoms with Gasteiger partial charge in [-0.1, -0.05) is 12.5 Å². The van der Waals surface area contributed by atoms with Crippen molar-refractivity contribution in [1.29, 1.82) is 0 Å². The first kappa shape index (κ1) is 19.5. The monoisotopic (exact) mass is 398 g/mol. The van der Waals surface area contributed by atoms with E-state index in [0.29, 0.717) is 11.1 Å². The van der Waals surface area contributed by atoms with E-state index in [1.165, 1.54) is 18.2 Å². The fourth-order valence-corrected chi connectivity index (χ4v) is 3.97. The van der Waals surface area contributed by atoms with Gasteiger partial charge in [0, 0.05) is 30.3 Å². The molecule has 0 saturated heterocycles. The third kappa shape index (κ3) is 3.86. The minimum absolute atomic E-state index is 0.0231. The van der Waals surface area contributed by atoms with Crippen LogP contribution >= 0.6 is 0 Å². The van der Waals surface area contributed by atoms with Crippen LogP contribution in [0.5, 0.6) is 0 Å². The number of hydrogen-bond acceptors (Lipinski definition) is 3. The maximum absolute atomic E-state index is 13.9. The highest BCUT2D eigenvalue weighted by atomic mass is 19.1. The minimum atomic E-state index is -0.605. The number of nitrogens with one attached hydrogen (secondary N) is 1.